The molecule has 0 N–H and O–H groups in total. The molecular weight excluding hydrogens is 420 g/mol. The predicted octanol–water partition coefficient (Wildman–Crippen LogP) is 10.3. The van der Waals surface area contributed by atoms with Gasteiger partial charge in [0.05, 0.1) is 0 Å². The molecule has 0 radical (unpaired) electrons. The lowest BCUT2D eigenvalue weighted by Gasteiger charge is -2.41. The van der Waals surface area contributed by atoms with Crippen LogP contribution in [0.2, 0.25) is 0 Å². The summed E-state index contributed by atoms with van der Waals surface area (Å²) >= 11 is 0. The van der Waals surface area contributed by atoms with Crippen molar-refractivity contribution in [1.82, 2.24) is 0 Å². The van der Waals surface area contributed by atoms with Crippen molar-refractivity contribution in [3.05, 3.63) is 12.7 Å². The summed E-state index contributed by atoms with van der Waals surface area (Å²) in [6.07, 6.45) is 25.1. The van der Waals surface area contributed by atoms with Crippen LogP contribution in [0.5, 0.6) is 0 Å². The molecular formula is C31H64O3. The average molecular weight is 485 g/mol. The molecule has 1 unspecified atom stereocenters. The van der Waals surface area contributed by atoms with Gasteiger partial charge in [-0.05, 0) is 46.5 Å². The zero-order valence-electron chi connectivity index (χ0n) is 24.4. The van der Waals surface area contributed by atoms with Crippen LogP contribution in [0.4, 0.5) is 0 Å². The molecule has 1 atom stereocenters. The Labute approximate surface area is 215 Å². The Balaban J connectivity index is 0. The van der Waals surface area contributed by atoms with E-state index in [9.17, 15) is 0 Å². The van der Waals surface area contributed by atoms with Crippen LogP contribution in [-0.4, -0.2) is 32.7 Å². The smallest absolute Gasteiger partial charge is 0.171 e. The predicted molar refractivity (Wildman–Crippen MR) is 152 cm³/mol. The van der Waals surface area contributed by atoms with Gasteiger partial charge >= 0.3 is 0 Å². The molecule has 0 fully saturated rings. The molecule has 0 spiro atoms. The largest absolute Gasteiger partial charge is 0.385 e. The zero-order chi connectivity index (χ0) is 25.8. The van der Waals surface area contributed by atoms with E-state index in [4.69, 9.17) is 14.2 Å². The van der Waals surface area contributed by atoms with Gasteiger partial charge in [0.1, 0.15) is 0 Å². The van der Waals surface area contributed by atoms with Crippen LogP contribution in [-0.2, 0) is 14.2 Å². The zero-order valence-corrected chi connectivity index (χ0v) is 24.4. The van der Waals surface area contributed by atoms with E-state index in [1.807, 2.05) is 14.0 Å². The first-order valence-corrected chi connectivity index (χ1v) is 15.0. The van der Waals surface area contributed by atoms with E-state index in [1.54, 1.807) is 6.08 Å². The third-order valence-electron chi connectivity index (χ3n) is 6.59. The summed E-state index contributed by atoms with van der Waals surface area (Å²) in [4.78, 5) is 0. The Hall–Kier alpha value is -0.380. The molecule has 0 aliphatic rings. The molecule has 0 aliphatic carbocycles. The summed E-state index contributed by atoms with van der Waals surface area (Å²) in [5.41, 5.74) is 0. The lowest BCUT2D eigenvalue weighted by atomic mass is 9.84. The Morgan fingerprint density at radius 3 is 1.50 bits per heavy atom. The lowest BCUT2D eigenvalue weighted by molar-refractivity contribution is -0.271. The minimum atomic E-state index is -0.400. The molecule has 206 valence electrons. The van der Waals surface area contributed by atoms with Gasteiger partial charge < -0.3 is 14.2 Å². The first-order chi connectivity index (χ1) is 16.6. The molecule has 0 rings (SSSR count). The van der Waals surface area contributed by atoms with Crippen LogP contribution in [0, 0.1) is 5.92 Å². The average Bonchev–Trinajstić information content (AvgIpc) is 2.82. The molecule has 0 aromatic rings. The minimum Gasteiger partial charge on any atom is -0.385 e. The van der Waals surface area contributed by atoms with E-state index >= 15 is 0 Å². The maximum atomic E-state index is 6.46. The Bertz CT molecular complexity index is 377. The topological polar surface area (TPSA) is 27.7 Å². The maximum absolute atomic E-state index is 6.46. The Kier molecular flexibility index (Phi) is 30.4. The van der Waals surface area contributed by atoms with Gasteiger partial charge in [-0.2, -0.15) is 0 Å². The van der Waals surface area contributed by atoms with Crippen molar-refractivity contribution in [2.24, 2.45) is 5.92 Å². The van der Waals surface area contributed by atoms with E-state index in [1.165, 1.54) is 96.3 Å². The van der Waals surface area contributed by atoms with Gasteiger partial charge in [-0.1, -0.05) is 103 Å². The van der Waals surface area contributed by atoms with Crippen molar-refractivity contribution in [1.29, 1.82) is 0 Å². The minimum absolute atomic E-state index is 0.400. The van der Waals surface area contributed by atoms with Crippen LogP contribution < -0.4 is 0 Å². The van der Waals surface area contributed by atoms with Gasteiger partial charge in [0.15, 0.2) is 5.79 Å². The van der Waals surface area contributed by atoms with E-state index < -0.39 is 5.79 Å². The highest BCUT2D eigenvalue weighted by Gasteiger charge is 2.39. The van der Waals surface area contributed by atoms with Gasteiger partial charge in [0.25, 0.3) is 0 Å². The van der Waals surface area contributed by atoms with Gasteiger partial charge in [0, 0.05) is 39.3 Å². The fourth-order valence-corrected chi connectivity index (χ4v) is 4.85. The Morgan fingerprint density at radius 2 is 1.06 bits per heavy atom. The molecule has 3 heteroatoms. The van der Waals surface area contributed by atoms with Crippen LogP contribution in [0.15, 0.2) is 12.7 Å². The summed E-state index contributed by atoms with van der Waals surface area (Å²) in [5, 5.41) is 0. The number of allylic oxidation sites excluding steroid dienone is 1. The first-order valence-electron chi connectivity index (χ1n) is 15.0. The molecule has 0 saturated heterocycles. The van der Waals surface area contributed by atoms with Gasteiger partial charge in [-0.25, -0.2) is 0 Å². The van der Waals surface area contributed by atoms with Crippen molar-refractivity contribution in [2.75, 3.05) is 26.9 Å². The summed E-state index contributed by atoms with van der Waals surface area (Å²) in [6, 6.07) is 0. The highest BCUT2D eigenvalue weighted by atomic mass is 16.7. The molecule has 0 bridgehead atoms. The molecule has 3 nitrogen and oxygen atoms in total. The number of rotatable bonds is 25. The number of hydrogen-bond donors (Lipinski definition) is 0. The first kappa shape index (κ1) is 35.8. The van der Waals surface area contributed by atoms with Gasteiger partial charge in [-0.15, -0.1) is 6.58 Å². The van der Waals surface area contributed by atoms with Crippen LogP contribution in [0.1, 0.15) is 150 Å². The number of methoxy groups -OCH3 is 1. The van der Waals surface area contributed by atoms with Crippen LogP contribution in [0.3, 0.4) is 0 Å². The van der Waals surface area contributed by atoms with E-state index in [0.29, 0.717) is 5.92 Å². The van der Waals surface area contributed by atoms with Crippen molar-refractivity contribution >= 4 is 0 Å². The molecule has 0 saturated carbocycles. The highest BCUT2D eigenvalue weighted by molar-refractivity contribution is 4.81. The van der Waals surface area contributed by atoms with Gasteiger partial charge in [-0.3, -0.25) is 0 Å². The van der Waals surface area contributed by atoms with Crippen molar-refractivity contribution in [3.63, 3.8) is 0 Å². The van der Waals surface area contributed by atoms with E-state index in [-0.39, 0.29) is 0 Å². The number of hydrogen-bond acceptors (Lipinski definition) is 3. The summed E-state index contributed by atoms with van der Waals surface area (Å²) < 4.78 is 18.3. The summed E-state index contributed by atoms with van der Waals surface area (Å²) in [5.74, 6) is 0.0707. The maximum Gasteiger partial charge on any atom is 0.171 e. The fraction of sp³-hybridized carbons (Fsp3) is 0.935. The Morgan fingerprint density at radius 1 is 0.647 bits per heavy atom. The SMILES string of the molecule is C=CC.CCCCCCCCCCC(OCC)(OCC)C(CCCCCCCC)CCCOC. The second-order valence-electron chi connectivity index (χ2n) is 9.70. The van der Waals surface area contributed by atoms with Crippen molar-refractivity contribution in [2.45, 2.75) is 156 Å². The van der Waals surface area contributed by atoms with Crippen LogP contribution in [0.25, 0.3) is 0 Å². The van der Waals surface area contributed by atoms with Crippen molar-refractivity contribution < 1.29 is 14.2 Å². The molecule has 0 heterocycles. The van der Waals surface area contributed by atoms with Gasteiger partial charge in [0.2, 0.25) is 0 Å². The van der Waals surface area contributed by atoms with Crippen LogP contribution >= 0.6 is 0 Å². The molecule has 34 heavy (non-hydrogen) atoms. The number of unbranched alkanes of at least 4 members (excludes halogenated alkanes) is 12. The summed E-state index contributed by atoms with van der Waals surface area (Å²) in [6.45, 7) is 16.4. The lowest BCUT2D eigenvalue weighted by Crippen LogP contribution is -2.44. The fourth-order valence-electron chi connectivity index (χ4n) is 4.85. The quantitative estimate of drug-likeness (QED) is 0.0732. The van der Waals surface area contributed by atoms with E-state index in [2.05, 4.69) is 34.3 Å². The second kappa shape index (κ2) is 28.9. The summed E-state index contributed by atoms with van der Waals surface area (Å²) in [7, 11) is 1.81. The monoisotopic (exact) mass is 484 g/mol. The highest BCUT2D eigenvalue weighted by Crippen LogP contribution is 2.37. The third-order valence-corrected chi connectivity index (χ3v) is 6.59. The normalized spacial score (nSPS) is 12.3. The third kappa shape index (κ3) is 20.9. The molecule has 0 aromatic carbocycles. The standard InChI is InChI=1S/C28H58O3.C3H6/c1-6-10-12-14-16-17-19-21-25-28(30-8-3,31-9-4)27(24-22-26-29-5)23-20-18-15-13-11-7-2;1-3-2/h27H,6-26H2,1-5H3;3H,1H2,2H3. The second-order valence-corrected chi connectivity index (χ2v) is 9.70. The molecule has 0 aromatic heterocycles. The molecule has 0 amide bonds. The van der Waals surface area contributed by atoms with Crippen molar-refractivity contribution in [3.8, 4) is 0 Å². The number of ether oxygens (including phenoxy) is 3. The molecule has 0 aliphatic heterocycles. The van der Waals surface area contributed by atoms with E-state index in [0.717, 1.165) is 39.1 Å².